The molecule has 0 aliphatic carbocycles. The van der Waals surface area contributed by atoms with Crippen LogP contribution >= 0.6 is 0 Å². The first-order valence-electron chi connectivity index (χ1n) is 7.90. The number of ether oxygens (including phenoxy) is 1. The number of amides is 1. The van der Waals surface area contributed by atoms with Gasteiger partial charge in [-0.25, -0.2) is 9.78 Å². The summed E-state index contributed by atoms with van der Waals surface area (Å²) in [6.07, 6.45) is 4.59. The maximum Gasteiger partial charge on any atom is 0.410 e. The third kappa shape index (κ3) is 5.27. The largest absolute Gasteiger partial charge is 0.444 e. The number of hydrogen-bond acceptors (Lipinski definition) is 5. The highest BCUT2D eigenvalue weighted by Crippen LogP contribution is 2.22. The van der Waals surface area contributed by atoms with Crippen LogP contribution in [-0.4, -0.2) is 49.6 Å². The molecule has 128 valence electrons. The zero-order valence-corrected chi connectivity index (χ0v) is 15.1. The van der Waals surface area contributed by atoms with Crippen molar-refractivity contribution in [2.45, 2.75) is 51.2 Å². The Bertz CT molecular complexity index is 578. The number of piperidine rings is 1. The summed E-state index contributed by atoms with van der Waals surface area (Å²) in [4.78, 5) is 22.1. The fraction of sp³-hybridized carbons (Fsp3) is 0.688. The molecule has 0 radical (unpaired) electrons. The van der Waals surface area contributed by atoms with E-state index in [0.717, 1.165) is 18.5 Å². The average molecular weight is 339 g/mol. The molecular formula is C16H25N3O3S. The summed E-state index contributed by atoms with van der Waals surface area (Å²) < 4.78 is 17.8. The maximum atomic E-state index is 12.4. The van der Waals surface area contributed by atoms with Crippen LogP contribution in [0.5, 0.6) is 0 Å². The lowest BCUT2D eigenvalue weighted by Crippen LogP contribution is -2.42. The first-order chi connectivity index (χ1) is 10.8. The van der Waals surface area contributed by atoms with Gasteiger partial charge in [0.05, 0.1) is 16.5 Å². The highest BCUT2D eigenvalue weighted by Gasteiger charge is 2.28. The maximum absolute atomic E-state index is 12.4. The second-order valence-electron chi connectivity index (χ2n) is 6.87. The number of hydrogen-bond donors (Lipinski definition) is 0. The van der Waals surface area contributed by atoms with Gasteiger partial charge in [0.15, 0.2) is 0 Å². The number of aryl methyl sites for hydroxylation is 1. The molecule has 23 heavy (non-hydrogen) atoms. The van der Waals surface area contributed by atoms with Crippen molar-refractivity contribution in [3.63, 3.8) is 0 Å². The number of carbonyl (C=O) groups is 1. The Morgan fingerprint density at radius 2 is 1.91 bits per heavy atom. The summed E-state index contributed by atoms with van der Waals surface area (Å²) in [6.45, 7) is 8.72. The highest BCUT2D eigenvalue weighted by atomic mass is 32.2. The lowest BCUT2D eigenvalue weighted by molar-refractivity contribution is 0.0191. The zero-order valence-electron chi connectivity index (χ0n) is 14.2. The SMILES string of the molecule is Cc1nccnc1S(=O)CC1CCN(C(=O)OC(C)(C)C)CC1. The summed E-state index contributed by atoms with van der Waals surface area (Å²) in [5, 5.41) is 0.571. The van der Waals surface area contributed by atoms with Gasteiger partial charge in [0, 0.05) is 31.2 Å². The van der Waals surface area contributed by atoms with Gasteiger partial charge >= 0.3 is 6.09 Å². The molecule has 0 bridgehead atoms. The van der Waals surface area contributed by atoms with Gasteiger partial charge < -0.3 is 9.64 Å². The number of carbonyl (C=O) groups excluding carboxylic acids is 1. The Kier molecular flexibility index (Phi) is 5.73. The van der Waals surface area contributed by atoms with Gasteiger partial charge in [-0.2, -0.15) is 0 Å². The van der Waals surface area contributed by atoms with Crippen molar-refractivity contribution in [2.24, 2.45) is 5.92 Å². The summed E-state index contributed by atoms with van der Waals surface area (Å²) in [7, 11) is -1.14. The van der Waals surface area contributed by atoms with Crippen LogP contribution in [0.1, 0.15) is 39.3 Å². The van der Waals surface area contributed by atoms with Crippen molar-refractivity contribution in [3.8, 4) is 0 Å². The van der Waals surface area contributed by atoms with Gasteiger partial charge in [-0.15, -0.1) is 0 Å². The van der Waals surface area contributed by atoms with Crippen LogP contribution in [0.4, 0.5) is 4.79 Å². The minimum Gasteiger partial charge on any atom is -0.444 e. The molecule has 0 spiro atoms. The van der Waals surface area contributed by atoms with Gasteiger partial charge in [-0.3, -0.25) is 9.19 Å². The lowest BCUT2D eigenvalue weighted by atomic mass is 9.99. The molecule has 0 saturated carbocycles. The molecule has 2 heterocycles. The predicted molar refractivity (Wildman–Crippen MR) is 88.6 cm³/mol. The first kappa shape index (κ1) is 17.8. The summed E-state index contributed by atoms with van der Waals surface area (Å²) in [5.74, 6) is 0.901. The number of likely N-dealkylation sites (tertiary alicyclic amines) is 1. The second kappa shape index (κ2) is 7.38. The minimum atomic E-state index is -1.14. The van der Waals surface area contributed by atoms with E-state index in [4.69, 9.17) is 4.74 Å². The van der Waals surface area contributed by atoms with Crippen molar-refractivity contribution in [3.05, 3.63) is 18.1 Å². The van der Waals surface area contributed by atoms with E-state index >= 15 is 0 Å². The van der Waals surface area contributed by atoms with Gasteiger partial charge in [0.2, 0.25) is 0 Å². The van der Waals surface area contributed by atoms with E-state index in [9.17, 15) is 9.00 Å². The second-order valence-corrected chi connectivity index (χ2v) is 8.28. The Morgan fingerprint density at radius 3 is 2.48 bits per heavy atom. The molecule has 1 unspecified atom stereocenters. The average Bonchev–Trinajstić information content (AvgIpc) is 2.46. The van der Waals surface area contributed by atoms with Gasteiger partial charge in [-0.05, 0) is 46.5 Å². The van der Waals surface area contributed by atoms with E-state index in [0.29, 0.717) is 29.8 Å². The van der Waals surface area contributed by atoms with Crippen molar-refractivity contribution in [1.82, 2.24) is 14.9 Å². The molecule has 1 atom stereocenters. The number of aromatic nitrogens is 2. The van der Waals surface area contributed by atoms with E-state index in [1.807, 2.05) is 27.7 Å². The topological polar surface area (TPSA) is 72.4 Å². The van der Waals surface area contributed by atoms with Gasteiger partial charge in [-0.1, -0.05) is 0 Å². The number of nitrogens with zero attached hydrogens (tertiary/aromatic N) is 3. The van der Waals surface area contributed by atoms with Crippen molar-refractivity contribution >= 4 is 16.9 Å². The van der Waals surface area contributed by atoms with E-state index in [2.05, 4.69) is 9.97 Å². The van der Waals surface area contributed by atoms with E-state index < -0.39 is 16.4 Å². The smallest absolute Gasteiger partial charge is 0.410 e. The van der Waals surface area contributed by atoms with Crippen LogP contribution in [0.15, 0.2) is 17.4 Å². The van der Waals surface area contributed by atoms with Crippen LogP contribution in [-0.2, 0) is 15.5 Å². The van der Waals surface area contributed by atoms with Crippen molar-refractivity contribution in [1.29, 1.82) is 0 Å². The van der Waals surface area contributed by atoms with Crippen LogP contribution in [0.2, 0.25) is 0 Å². The fourth-order valence-electron chi connectivity index (χ4n) is 2.52. The highest BCUT2D eigenvalue weighted by molar-refractivity contribution is 7.85. The van der Waals surface area contributed by atoms with E-state index in [1.54, 1.807) is 17.3 Å². The standard InChI is InChI=1S/C16H25N3O3S/c1-12-14(18-8-7-17-12)23(21)11-13-5-9-19(10-6-13)15(20)22-16(2,3)4/h7-8,13H,5-6,9-11H2,1-4H3. The normalized spacial score (nSPS) is 17.8. The molecule has 7 heteroatoms. The van der Waals surface area contributed by atoms with Gasteiger partial charge in [0.1, 0.15) is 10.6 Å². The van der Waals surface area contributed by atoms with Gasteiger partial charge in [0.25, 0.3) is 0 Å². The molecule has 1 aromatic rings. The van der Waals surface area contributed by atoms with E-state index in [-0.39, 0.29) is 6.09 Å². The minimum absolute atomic E-state index is 0.262. The van der Waals surface area contributed by atoms with Crippen molar-refractivity contribution in [2.75, 3.05) is 18.8 Å². The monoisotopic (exact) mass is 339 g/mol. The lowest BCUT2D eigenvalue weighted by Gasteiger charge is -2.33. The Balaban J connectivity index is 1.84. The summed E-state index contributed by atoms with van der Waals surface area (Å²) in [5.41, 5.74) is 0.246. The molecule has 1 fully saturated rings. The molecule has 6 nitrogen and oxygen atoms in total. The third-order valence-electron chi connectivity index (χ3n) is 3.71. The molecule has 0 aromatic carbocycles. The van der Waals surface area contributed by atoms with Crippen LogP contribution in [0.25, 0.3) is 0 Å². The Morgan fingerprint density at radius 1 is 1.30 bits per heavy atom. The molecule has 2 rings (SSSR count). The summed E-state index contributed by atoms with van der Waals surface area (Å²) >= 11 is 0. The Hall–Kier alpha value is -1.50. The molecule has 0 N–H and O–H groups in total. The zero-order chi connectivity index (χ0) is 17.0. The van der Waals surface area contributed by atoms with Crippen LogP contribution < -0.4 is 0 Å². The van der Waals surface area contributed by atoms with Crippen molar-refractivity contribution < 1.29 is 13.7 Å². The number of rotatable bonds is 3. The summed E-state index contributed by atoms with van der Waals surface area (Å²) in [6, 6.07) is 0. The molecule has 1 aliphatic rings. The molecule has 1 saturated heterocycles. The third-order valence-corrected chi connectivity index (χ3v) is 5.31. The molecule has 1 amide bonds. The van der Waals surface area contributed by atoms with Crippen LogP contribution in [0, 0.1) is 12.8 Å². The first-order valence-corrected chi connectivity index (χ1v) is 9.22. The molecule has 1 aliphatic heterocycles. The quantitative estimate of drug-likeness (QED) is 0.846. The van der Waals surface area contributed by atoms with Crippen LogP contribution in [0.3, 0.4) is 0 Å². The molecule has 1 aromatic heterocycles. The molecular weight excluding hydrogens is 314 g/mol. The van der Waals surface area contributed by atoms with E-state index in [1.165, 1.54) is 0 Å². The fourth-order valence-corrected chi connectivity index (χ4v) is 4.00. The predicted octanol–water partition coefficient (Wildman–Crippen LogP) is 2.54. The Labute approximate surface area is 140 Å².